The predicted molar refractivity (Wildman–Crippen MR) is 108 cm³/mol. The van der Waals surface area contributed by atoms with Gasteiger partial charge in [-0.05, 0) is 49.5 Å². The summed E-state index contributed by atoms with van der Waals surface area (Å²) in [4.78, 5) is 18.3. The Hall–Kier alpha value is -2.54. The van der Waals surface area contributed by atoms with Crippen molar-refractivity contribution in [2.45, 2.75) is 32.1 Å². The van der Waals surface area contributed by atoms with E-state index < -0.39 is 0 Å². The summed E-state index contributed by atoms with van der Waals surface area (Å²) >= 11 is 1.79. The molecule has 2 heterocycles. The minimum absolute atomic E-state index is 0.129. The van der Waals surface area contributed by atoms with E-state index in [1.165, 1.54) is 29.5 Å². The van der Waals surface area contributed by atoms with Gasteiger partial charge in [-0.2, -0.15) is 0 Å². The molecule has 2 aromatic rings. The zero-order valence-corrected chi connectivity index (χ0v) is 16.8. The highest BCUT2D eigenvalue weighted by atomic mass is 32.1. The average molecular weight is 401 g/mol. The maximum absolute atomic E-state index is 12.1. The molecule has 7 heteroatoms. The third-order valence-corrected chi connectivity index (χ3v) is 6.02. The number of nitrogens with one attached hydrogen (secondary N) is 1. The second-order valence-corrected chi connectivity index (χ2v) is 7.97. The lowest BCUT2D eigenvalue weighted by molar-refractivity contribution is -0.116. The van der Waals surface area contributed by atoms with Crippen molar-refractivity contribution >= 4 is 23.3 Å². The molecule has 28 heavy (non-hydrogen) atoms. The summed E-state index contributed by atoms with van der Waals surface area (Å²) in [5.74, 6) is 1.72. The Morgan fingerprint density at radius 2 is 2.14 bits per heavy atom. The van der Waals surface area contributed by atoms with Gasteiger partial charge in [0.05, 0.1) is 17.8 Å². The van der Waals surface area contributed by atoms with Gasteiger partial charge in [-0.3, -0.25) is 4.79 Å². The number of benzene rings is 1. The summed E-state index contributed by atoms with van der Waals surface area (Å²) in [5.41, 5.74) is 2.09. The summed E-state index contributed by atoms with van der Waals surface area (Å²) < 4.78 is 16.6. The Morgan fingerprint density at radius 1 is 1.29 bits per heavy atom. The van der Waals surface area contributed by atoms with Gasteiger partial charge in [0.2, 0.25) is 11.7 Å². The number of methoxy groups -OCH3 is 1. The van der Waals surface area contributed by atoms with Crippen molar-refractivity contribution in [2.75, 3.05) is 26.9 Å². The minimum Gasteiger partial charge on any atom is -0.493 e. The minimum atomic E-state index is -0.129. The molecule has 0 unspecified atom stereocenters. The molecule has 0 saturated heterocycles. The first kappa shape index (κ1) is 18.8. The van der Waals surface area contributed by atoms with E-state index in [0.717, 1.165) is 29.8 Å². The van der Waals surface area contributed by atoms with Crippen molar-refractivity contribution in [2.24, 2.45) is 0 Å². The Labute approximate surface area is 168 Å². The van der Waals surface area contributed by atoms with Crippen LogP contribution in [-0.2, 0) is 24.1 Å². The van der Waals surface area contributed by atoms with Gasteiger partial charge >= 0.3 is 0 Å². The van der Waals surface area contributed by atoms with Crippen molar-refractivity contribution in [1.82, 2.24) is 10.3 Å². The number of hydrogen-bond acceptors (Lipinski definition) is 6. The van der Waals surface area contributed by atoms with Gasteiger partial charge in [0.15, 0.2) is 11.5 Å². The van der Waals surface area contributed by atoms with Crippen molar-refractivity contribution < 1.29 is 19.0 Å². The highest BCUT2D eigenvalue weighted by molar-refractivity contribution is 7.11. The normalized spacial score (nSPS) is 15.3. The number of amides is 1. The lowest BCUT2D eigenvalue weighted by Crippen LogP contribution is -2.23. The summed E-state index contributed by atoms with van der Waals surface area (Å²) in [6.45, 7) is 1.59. The Bertz CT molecular complexity index is 850. The van der Waals surface area contributed by atoms with Gasteiger partial charge < -0.3 is 19.5 Å². The first-order valence-electron chi connectivity index (χ1n) is 9.64. The van der Waals surface area contributed by atoms with Gasteiger partial charge in [-0.15, -0.1) is 11.3 Å². The largest absolute Gasteiger partial charge is 0.493 e. The lowest BCUT2D eigenvalue weighted by Gasteiger charge is -2.20. The number of aromatic nitrogens is 1. The van der Waals surface area contributed by atoms with Gasteiger partial charge in [0.25, 0.3) is 0 Å². The number of hydrogen-bond donors (Lipinski definition) is 1. The monoisotopic (exact) mass is 400 g/mol. The Kier molecular flexibility index (Phi) is 5.81. The smallest absolute Gasteiger partial charge is 0.244 e. The summed E-state index contributed by atoms with van der Waals surface area (Å²) in [5, 5.41) is 4.04. The molecule has 1 N–H and O–H groups in total. The van der Waals surface area contributed by atoms with Crippen molar-refractivity contribution in [3.05, 3.63) is 39.4 Å². The fourth-order valence-electron chi connectivity index (χ4n) is 3.43. The van der Waals surface area contributed by atoms with E-state index in [2.05, 4.69) is 5.32 Å². The van der Waals surface area contributed by atoms with Crippen LogP contribution in [0.25, 0.3) is 6.08 Å². The molecule has 4 rings (SSSR count). The van der Waals surface area contributed by atoms with Crippen LogP contribution < -0.4 is 19.5 Å². The molecule has 1 amide bonds. The van der Waals surface area contributed by atoms with Crippen LogP contribution in [0.1, 0.15) is 34.0 Å². The van der Waals surface area contributed by atoms with Crippen LogP contribution in [0.5, 0.6) is 17.2 Å². The summed E-state index contributed by atoms with van der Waals surface area (Å²) in [6, 6.07) is 3.68. The van der Waals surface area contributed by atoms with Crippen LogP contribution >= 0.6 is 11.3 Å². The molecule has 1 aliphatic carbocycles. The molecule has 148 valence electrons. The van der Waals surface area contributed by atoms with E-state index in [1.54, 1.807) is 24.5 Å². The third-order valence-electron chi connectivity index (χ3n) is 4.81. The standard InChI is InChI=1S/C21H24N2O4S/c1-25-16-12-14(13-17-21(16)27-11-10-26-17)6-7-19(24)22-9-8-20-23-15-4-2-3-5-18(15)28-20/h6-7,12-13H,2-5,8-11H2,1H3,(H,22,24)/b7-6+. The molecule has 0 fully saturated rings. The molecule has 1 aromatic heterocycles. The number of ether oxygens (including phenoxy) is 3. The molecule has 6 nitrogen and oxygen atoms in total. The Balaban J connectivity index is 1.32. The van der Waals surface area contributed by atoms with E-state index in [-0.39, 0.29) is 5.91 Å². The number of fused-ring (bicyclic) bond motifs is 2. The average Bonchev–Trinajstić information content (AvgIpc) is 3.14. The van der Waals surface area contributed by atoms with Gasteiger partial charge in [-0.1, -0.05) is 0 Å². The third kappa shape index (κ3) is 4.30. The zero-order chi connectivity index (χ0) is 19.3. The Morgan fingerprint density at radius 3 is 3.00 bits per heavy atom. The second-order valence-electron chi connectivity index (χ2n) is 6.81. The summed E-state index contributed by atoms with van der Waals surface area (Å²) in [7, 11) is 1.59. The maximum Gasteiger partial charge on any atom is 0.244 e. The topological polar surface area (TPSA) is 69.7 Å². The van der Waals surface area contributed by atoms with E-state index in [4.69, 9.17) is 19.2 Å². The van der Waals surface area contributed by atoms with Crippen molar-refractivity contribution in [3.8, 4) is 17.2 Å². The van der Waals surface area contributed by atoms with Crippen LogP contribution in [0.2, 0.25) is 0 Å². The van der Waals surface area contributed by atoms with Crippen molar-refractivity contribution in [3.63, 3.8) is 0 Å². The first-order chi connectivity index (χ1) is 13.7. The van der Waals surface area contributed by atoms with Crippen molar-refractivity contribution in [1.29, 1.82) is 0 Å². The molecule has 0 radical (unpaired) electrons. The molecule has 0 bridgehead atoms. The number of thiazole rings is 1. The molecule has 2 aliphatic rings. The predicted octanol–water partition coefficient (Wildman–Crippen LogP) is 3.17. The fraction of sp³-hybridized carbons (Fsp3) is 0.429. The highest BCUT2D eigenvalue weighted by Gasteiger charge is 2.18. The van der Waals surface area contributed by atoms with E-state index in [0.29, 0.717) is 37.0 Å². The fourth-order valence-corrected chi connectivity index (χ4v) is 4.58. The van der Waals surface area contributed by atoms with E-state index in [9.17, 15) is 4.79 Å². The summed E-state index contributed by atoms with van der Waals surface area (Å²) in [6.07, 6.45) is 8.80. The van der Waals surface area contributed by atoms with Crippen LogP contribution in [0.3, 0.4) is 0 Å². The quantitative estimate of drug-likeness (QED) is 0.755. The lowest BCUT2D eigenvalue weighted by atomic mass is 10.0. The number of nitrogens with zero attached hydrogens (tertiary/aromatic N) is 1. The van der Waals surface area contributed by atoms with E-state index >= 15 is 0 Å². The number of carbonyl (C=O) groups excluding carboxylic acids is 1. The number of rotatable bonds is 6. The van der Waals surface area contributed by atoms with E-state index in [1.807, 2.05) is 12.1 Å². The molecule has 0 atom stereocenters. The first-order valence-corrected chi connectivity index (χ1v) is 10.5. The highest BCUT2D eigenvalue weighted by Crippen LogP contribution is 2.40. The molecule has 1 aromatic carbocycles. The SMILES string of the molecule is COc1cc(/C=C/C(=O)NCCc2nc3c(s2)CCCC3)cc2c1OCCO2. The van der Waals surface area contributed by atoms with Crippen LogP contribution in [0.15, 0.2) is 18.2 Å². The zero-order valence-electron chi connectivity index (χ0n) is 16.0. The van der Waals surface area contributed by atoms with Gasteiger partial charge in [-0.25, -0.2) is 4.98 Å². The van der Waals surface area contributed by atoms with Gasteiger partial charge in [0.1, 0.15) is 13.2 Å². The van der Waals surface area contributed by atoms with Crippen LogP contribution in [0, 0.1) is 0 Å². The molecular formula is C21H24N2O4S. The van der Waals surface area contributed by atoms with Crippen LogP contribution in [0.4, 0.5) is 0 Å². The number of carbonyl (C=O) groups is 1. The molecule has 1 aliphatic heterocycles. The molecule has 0 saturated carbocycles. The number of aryl methyl sites for hydroxylation is 2. The van der Waals surface area contributed by atoms with Gasteiger partial charge in [0, 0.05) is 23.9 Å². The molecular weight excluding hydrogens is 376 g/mol. The molecule has 0 spiro atoms. The second kappa shape index (κ2) is 8.65. The maximum atomic E-state index is 12.1. The van der Waals surface area contributed by atoms with Crippen LogP contribution in [-0.4, -0.2) is 37.8 Å².